The first-order valence-corrected chi connectivity index (χ1v) is 19.2. The molecule has 2 heterocycles. The highest BCUT2D eigenvalue weighted by atomic mass is 32.1. The Morgan fingerprint density at radius 2 is 1.13 bits per heavy atom. The van der Waals surface area contributed by atoms with Crippen LogP contribution in [0.2, 0.25) is 0 Å². The predicted octanol–water partition coefficient (Wildman–Crippen LogP) is 12.7. The van der Waals surface area contributed by atoms with Gasteiger partial charge in [0, 0.05) is 37.1 Å². The zero-order valence-electron chi connectivity index (χ0n) is 29.3. The van der Waals surface area contributed by atoms with Crippen LogP contribution in [0.5, 0.6) is 0 Å². The van der Waals surface area contributed by atoms with Gasteiger partial charge in [-0.25, -0.2) is 4.98 Å². The highest BCUT2D eigenvalue weighted by Gasteiger charge is 2.47. The molecule has 0 radical (unpaired) electrons. The van der Waals surface area contributed by atoms with Crippen LogP contribution < -0.4 is 5.73 Å². The number of hydrogen-bond acceptors (Lipinski definition) is 3. The minimum atomic E-state index is -0.538. The Morgan fingerprint density at radius 3 is 1.94 bits per heavy atom. The van der Waals surface area contributed by atoms with Crippen LogP contribution in [0.4, 0.5) is 5.69 Å². The number of para-hydroxylation sites is 3. The van der Waals surface area contributed by atoms with Crippen molar-refractivity contribution in [2.45, 2.75) is 5.41 Å². The Balaban J connectivity index is 1.19. The Morgan fingerprint density at radius 1 is 0.481 bits per heavy atom. The molecule has 1 atom stereocenters. The second-order valence-electron chi connectivity index (χ2n) is 14.1. The van der Waals surface area contributed by atoms with Gasteiger partial charge in [0.2, 0.25) is 0 Å². The molecule has 0 spiro atoms. The van der Waals surface area contributed by atoms with Gasteiger partial charge in [-0.3, -0.25) is 4.57 Å². The number of fused-ring (bicyclic) bond motifs is 8. The van der Waals surface area contributed by atoms with Crippen molar-refractivity contribution >= 4 is 48.2 Å². The average Bonchev–Trinajstić information content (AvgIpc) is 3.91. The van der Waals surface area contributed by atoms with E-state index in [1.54, 1.807) is 0 Å². The molecule has 8 aromatic carbocycles. The average molecular weight is 708 g/mol. The summed E-state index contributed by atoms with van der Waals surface area (Å²) in [7, 11) is 0. The number of thiophene rings is 1. The van der Waals surface area contributed by atoms with Gasteiger partial charge in [-0.2, -0.15) is 0 Å². The van der Waals surface area contributed by atoms with Crippen LogP contribution >= 0.6 is 11.3 Å². The molecule has 2 aromatic heterocycles. The predicted molar refractivity (Wildman–Crippen MR) is 227 cm³/mol. The Hall–Kier alpha value is -6.75. The number of benzene rings is 8. The van der Waals surface area contributed by atoms with E-state index in [9.17, 15) is 0 Å². The van der Waals surface area contributed by atoms with Crippen LogP contribution in [0.3, 0.4) is 0 Å². The normalized spacial score (nSPS) is 14.8. The maximum Gasteiger partial charge on any atom is 0.145 e. The van der Waals surface area contributed by atoms with Gasteiger partial charge in [-0.15, -0.1) is 11.3 Å². The largest absolute Gasteiger partial charge is 0.399 e. The van der Waals surface area contributed by atoms with Crippen molar-refractivity contribution < 1.29 is 0 Å². The highest BCUT2D eigenvalue weighted by Crippen LogP contribution is 2.59. The number of nitrogens with two attached hydrogens (primary N) is 1. The van der Waals surface area contributed by atoms with Crippen molar-refractivity contribution in [2.75, 3.05) is 5.73 Å². The van der Waals surface area contributed by atoms with Crippen molar-refractivity contribution in [2.24, 2.45) is 0 Å². The molecule has 254 valence electrons. The van der Waals surface area contributed by atoms with E-state index in [0.29, 0.717) is 0 Å². The van der Waals surface area contributed by atoms with E-state index >= 15 is 0 Å². The van der Waals surface area contributed by atoms with Crippen LogP contribution in [0.15, 0.2) is 188 Å². The summed E-state index contributed by atoms with van der Waals surface area (Å²) in [5.41, 5.74) is 20.7. The molecule has 0 bridgehead atoms. The zero-order chi connectivity index (χ0) is 35.8. The van der Waals surface area contributed by atoms with Crippen molar-refractivity contribution in [3.05, 3.63) is 210 Å². The summed E-state index contributed by atoms with van der Waals surface area (Å²) in [5.74, 6) is 0.927. The van der Waals surface area contributed by atoms with Gasteiger partial charge in [-0.05, 0) is 93.0 Å². The maximum absolute atomic E-state index is 6.15. The summed E-state index contributed by atoms with van der Waals surface area (Å²) in [6.07, 6.45) is 0. The van der Waals surface area contributed by atoms with E-state index in [2.05, 4.69) is 180 Å². The van der Waals surface area contributed by atoms with Crippen LogP contribution in [0.1, 0.15) is 22.3 Å². The monoisotopic (exact) mass is 707 g/mol. The van der Waals surface area contributed by atoms with E-state index in [4.69, 9.17) is 10.7 Å². The molecule has 10 aromatic rings. The number of imidazole rings is 1. The standard InChI is InChI=1S/C50H33N3S/c51-36-28-24-32(25-29-36)38-17-11-21-44-47(38)48-45(54-44)31-30-41-46(48)39-16-7-8-18-40(39)50(41,34-12-3-1-4-13-34)35-26-22-33(23-27-35)49-52-42-19-9-10-20-43(42)53(49)37-14-5-2-6-15-37/h1-31H,51H2. The molecule has 2 N–H and O–H groups in total. The van der Waals surface area contributed by atoms with E-state index in [1.807, 2.05) is 23.5 Å². The number of nitrogens with zero attached hydrogens (tertiary/aromatic N) is 2. The molecule has 0 amide bonds. The molecule has 0 saturated heterocycles. The van der Waals surface area contributed by atoms with E-state index < -0.39 is 5.41 Å². The lowest BCUT2D eigenvalue weighted by atomic mass is 9.67. The van der Waals surface area contributed by atoms with Crippen molar-refractivity contribution in [1.82, 2.24) is 9.55 Å². The van der Waals surface area contributed by atoms with Crippen molar-refractivity contribution in [3.63, 3.8) is 0 Å². The summed E-state index contributed by atoms with van der Waals surface area (Å²) < 4.78 is 4.85. The minimum Gasteiger partial charge on any atom is -0.399 e. The number of anilines is 1. The summed E-state index contributed by atoms with van der Waals surface area (Å²) in [6.45, 7) is 0. The third-order valence-corrected chi connectivity index (χ3v) is 12.4. The van der Waals surface area contributed by atoms with E-state index in [-0.39, 0.29) is 0 Å². The molecule has 0 aliphatic heterocycles. The van der Waals surface area contributed by atoms with Crippen LogP contribution in [0, 0.1) is 0 Å². The Kier molecular flexibility index (Phi) is 6.79. The third kappa shape index (κ3) is 4.38. The molecule has 1 aliphatic carbocycles. The lowest BCUT2D eigenvalue weighted by Crippen LogP contribution is -2.28. The first-order valence-electron chi connectivity index (χ1n) is 18.3. The van der Waals surface area contributed by atoms with Crippen LogP contribution in [0.25, 0.3) is 70.5 Å². The van der Waals surface area contributed by atoms with Gasteiger partial charge >= 0.3 is 0 Å². The summed E-state index contributed by atoms with van der Waals surface area (Å²) in [5, 5.41) is 2.62. The molecular formula is C50H33N3S. The van der Waals surface area contributed by atoms with Crippen LogP contribution in [-0.2, 0) is 5.41 Å². The number of hydrogen-bond donors (Lipinski definition) is 1. The number of rotatable bonds is 5. The molecule has 0 fully saturated rings. The first kappa shape index (κ1) is 30.8. The lowest BCUT2D eigenvalue weighted by Gasteiger charge is -2.34. The van der Waals surface area contributed by atoms with Gasteiger partial charge in [0.25, 0.3) is 0 Å². The lowest BCUT2D eigenvalue weighted by molar-refractivity contribution is 0.769. The topological polar surface area (TPSA) is 43.8 Å². The van der Waals surface area contributed by atoms with E-state index in [0.717, 1.165) is 33.8 Å². The fourth-order valence-corrected chi connectivity index (χ4v) is 10.1. The second-order valence-corrected chi connectivity index (χ2v) is 15.2. The molecule has 4 heteroatoms. The Labute approximate surface area is 317 Å². The van der Waals surface area contributed by atoms with Crippen molar-refractivity contribution in [1.29, 1.82) is 0 Å². The molecule has 1 aliphatic rings. The second kappa shape index (κ2) is 11.9. The molecule has 54 heavy (non-hydrogen) atoms. The summed E-state index contributed by atoms with van der Waals surface area (Å²) >= 11 is 1.87. The fourth-order valence-electron chi connectivity index (χ4n) is 8.98. The number of nitrogen functional groups attached to an aromatic ring is 1. The smallest absolute Gasteiger partial charge is 0.145 e. The Bertz CT molecular complexity index is 3030. The quantitative estimate of drug-likeness (QED) is 0.181. The molecule has 3 nitrogen and oxygen atoms in total. The summed E-state index contributed by atoms with van der Waals surface area (Å²) in [6, 6.07) is 67.9. The maximum atomic E-state index is 6.15. The summed E-state index contributed by atoms with van der Waals surface area (Å²) in [4.78, 5) is 5.19. The fraction of sp³-hybridized carbons (Fsp3) is 0.0200. The third-order valence-electron chi connectivity index (χ3n) is 11.2. The van der Waals surface area contributed by atoms with Gasteiger partial charge < -0.3 is 5.73 Å². The van der Waals surface area contributed by atoms with Gasteiger partial charge in [-0.1, -0.05) is 140 Å². The molecule has 1 unspecified atom stereocenters. The zero-order valence-corrected chi connectivity index (χ0v) is 30.1. The first-order chi connectivity index (χ1) is 26.7. The minimum absolute atomic E-state index is 0.538. The van der Waals surface area contributed by atoms with Crippen molar-refractivity contribution in [3.8, 4) is 39.3 Å². The molecular weight excluding hydrogens is 675 g/mol. The SMILES string of the molecule is Nc1ccc(-c2cccc3sc4ccc5c(c4c23)-c2ccccc2C5(c2ccccc2)c2ccc(-c3nc4ccccc4n3-c3ccccc3)cc2)cc1. The molecule has 11 rings (SSSR count). The number of aromatic nitrogens is 2. The molecule has 0 saturated carbocycles. The van der Waals surface area contributed by atoms with Gasteiger partial charge in [0.05, 0.1) is 16.4 Å². The van der Waals surface area contributed by atoms with Crippen LogP contribution in [-0.4, -0.2) is 9.55 Å². The highest BCUT2D eigenvalue weighted by molar-refractivity contribution is 7.26. The van der Waals surface area contributed by atoms with Gasteiger partial charge in [0.1, 0.15) is 5.82 Å². The van der Waals surface area contributed by atoms with E-state index in [1.165, 1.54) is 64.7 Å². The van der Waals surface area contributed by atoms with Gasteiger partial charge in [0.15, 0.2) is 0 Å².